The monoisotopic (exact) mass is 407 g/mol. The zero-order valence-corrected chi connectivity index (χ0v) is 14.5. The van der Waals surface area contributed by atoms with E-state index in [9.17, 15) is 19.7 Å². The molecule has 0 aliphatic heterocycles. The number of fused-ring (bicyclic) bond motifs is 1. The molecule has 0 saturated heterocycles. The summed E-state index contributed by atoms with van der Waals surface area (Å²) in [5.74, 6) is 0. The first-order chi connectivity index (χ1) is 11.5. The Kier molecular flexibility index (Phi) is 5.78. The number of aromatic nitrogens is 3. The largest absolute Gasteiger partial charge is 0.316 e. The molecule has 0 atom stereocenters. The van der Waals surface area contributed by atoms with Gasteiger partial charge in [-0.05, 0) is 17.7 Å². The standard InChI is InChI=1S/C15H13N5O4.BrH/c21-14-15(22)19-13-9(5-11(20(23)24)6-12(13)18-14)7-16-8-10-3-1-2-4-17-10;/h1-6,16H,7-8H2,(H,18,21)(H,19,22);1H. The molecule has 0 radical (unpaired) electrons. The van der Waals surface area contributed by atoms with Crippen LogP contribution in [0.25, 0.3) is 11.0 Å². The fourth-order valence-electron chi connectivity index (χ4n) is 2.35. The minimum absolute atomic E-state index is 0. The predicted molar refractivity (Wildman–Crippen MR) is 96.9 cm³/mol. The minimum Gasteiger partial charge on any atom is -0.316 e. The Hall–Kier alpha value is -2.85. The molecule has 0 bridgehead atoms. The number of pyridine rings is 1. The number of nitro groups is 1. The summed E-state index contributed by atoms with van der Waals surface area (Å²) < 4.78 is 0. The zero-order valence-electron chi connectivity index (χ0n) is 12.8. The van der Waals surface area contributed by atoms with E-state index in [4.69, 9.17) is 0 Å². The molecule has 3 aromatic rings. The van der Waals surface area contributed by atoms with Crippen molar-refractivity contribution in [3.8, 4) is 0 Å². The molecular weight excluding hydrogens is 394 g/mol. The fraction of sp³-hybridized carbons (Fsp3) is 0.133. The Morgan fingerprint density at radius 3 is 2.56 bits per heavy atom. The van der Waals surface area contributed by atoms with Gasteiger partial charge in [0.2, 0.25) is 0 Å². The average molecular weight is 408 g/mol. The van der Waals surface area contributed by atoms with Crippen molar-refractivity contribution in [2.45, 2.75) is 13.1 Å². The molecule has 3 rings (SSSR count). The molecule has 2 heterocycles. The van der Waals surface area contributed by atoms with Gasteiger partial charge >= 0.3 is 11.1 Å². The molecule has 0 fully saturated rings. The van der Waals surface area contributed by atoms with Crippen molar-refractivity contribution in [2.75, 3.05) is 0 Å². The minimum atomic E-state index is -0.851. The Labute approximate surface area is 151 Å². The molecule has 0 unspecified atom stereocenters. The summed E-state index contributed by atoms with van der Waals surface area (Å²) in [7, 11) is 0. The summed E-state index contributed by atoms with van der Waals surface area (Å²) >= 11 is 0. The van der Waals surface area contributed by atoms with Gasteiger partial charge in [-0.15, -0.1) is 17.0 Å². The maximum Gasteiger partial charge on any atom is 0.314 e. The van der Waals surface area contributed by atoms with Crippen LogP contribution in [0.1, 0.15) is 11.3 Å². The van der Waals surface area contributed by atoms with Gasteiger partial charge in [0.25, 0.3) is 5.69 Å². The van der Waals surface area contributed by atoms with Crippen molar-refractivity contribution in [3.05, 3.63) is 78.6 Å². The third-order valence-corrected chi connectivity index (χ3v) is 3.46. The lowest BCUT2D eigenvalue weighted by Gasteiger charge is -2.08. The summed E-state index contributed by atoms with van der Waals surface area (Å²) in [5, 5.41) is 14.2. The van der Waals surface area contributed by atoms with Crippen LogP contribution in [0.2, 0.25) is 0 Å². The van der Waals surface area contributed by atoms with Gasteiger partial charge in [0.15, 0.2) is 0 Å². The second-order valence-electron chi connectivity index (χ2n) is 5.12. The van der Waals surface area contributed by atoms with Gasteiger partial charge in [0.1, 0.15) is 0 Å². The molecule has 0 aliphatic carbocycles. The normalized spacial score (nSPS) is 10.4. The van der Waals surface area contributed by atoms with E-state index in [2.05, 4.69) is 20.3 Å². The molecule has 9 nitrogen and oxygen atoms in total. The van der Waals surface area contributed by atoms with Crippen LogP contribution in [-0.2, 0) is 13.1 Å². The van der Waals surface area contributed by atoms with Gasteiger partial charge in [-0.1, -0.05) is 6.07 Å². The van der Waals surface area contributed by atoms with Crippen molar-refractivity contribution in [2.24, 2.45) is 0 Å². The van der Waals surface area contributed by atoms with Crippen molar-refractivity contribution >= 4 is 33.7 Å². The number of nitrogens with one attached hydrogen (secondary N) is 3. The number of benzene rings is 1. The van der Waals surface area contributed by atoms with Gasteiger partial charge in [0.05, 0.1) is 21.7 Å². The van der Waals surface area contributed by atoms with E-state index in [0.29, 0.717) is 17.6 Å². The Bertz CT molecular complexity index is 1020. The highest BCUT2D eigenvalue weighted by molar-refractivity contribution is 8.93. The average Bonchev–Trinajstić information content (AvgIpc) is 2.57. The predicted octanol–water partition coefficient (Wildman–Crippen LogP) is 1.39. The molecule has 3 N–H and O–H groups in total. The van der Waals surface area contributed by atoms with Gasteiger partial charge in [0, 0.05) is 31.4 Å². The van der Waals surface area contributed by atoms with E-state index in [1.54, 1.807) is 12.3 Å². The molecular formula is C15H14BrN5O4. The smallest absolute Gasteiger partial charge is 0.314 e. The second-order valence-corrected chi connectivity index (χ2v) is 5.12. The number of hydrogen-bond acceptors (Lipinski definition) is 6. The number of non-ortho nitro benzene ring substituents is 1. The van der Waals surface area contributed by atoms with Crippen molar-refractivity contribution in [3.63, 3.8) is 0 Å². The van der Waals surface area contributed by atoms with E-state index < -0.39 is 16.0 Å². The third kappa shape index (κ3) is 4.17. The highest BCUT2D eigenvalue weighted by atomic mass is 79.9. The van der Waals surface area contributed by atoms with Gasteiger partial charge < -0.3 is 15.3 Å². The fourth-order valence-corrected chi connectivity index (χ4v) is 2.35. The van der Waals surface area contributed by atoms with E-state index in [1.807, 2.05) is 12.1 Å². The lowest BCUT2D eigenvalue weighted by Crippen LogP contribution is -2.29. The van der Waals surface area contributed by atoms with Gasteiger partial charge in [-0.25, -0.2) is 0 Å². The molecule has 0 aliphatic rings. The first kappa shape index (κ1) is 18.5. The van der Waals surface area contributed by atoms with Crippen LogP contribution in [0.5, 0.6) is 0 Å². The molecule has 0 amide bonds. The van der Waals surface area contributed by atoms with Crippen LogP contribution in [0.3, 0.4) is 0 Å². The van der Waals surface area contributed by atoms with Crippen molar-refractivity contribution < 1.29 is 4.92 Å². The van der Waals surface area contributed by atoms with E-state index >= 15 is 0 Å². The lowest BCUT2D eigenvalue weighted by molar-refractivity contribution is -0.384. The first-order valence-corrected chi connectivity index (χ1v) is 7.09. The summed E-state index contributed by atoms with van der Waals surface area (Å²) in [6.45, 7) is 0.718. The summed E-state index contributed by atoms with van der Waals surface area (Å²) in [5.41, 5.74) is 0.0670. The van der Waals surface area contributed by atoms with E-state index in [-0.39, 0.29) is 34.7 Å². The van der Waals surface area contributed by atoms with Gasteiger partial charge in [-0.3, -0.25) is 24.7 Å². The topological polar surface area (TPSA) is 134 Å². The van der Waals surface area contributed by atoms with Crippen LogP contribution in [-0.4, -0.2) is 19.9 Å². The van der Waals surface area contributed by atoms with Crippen molar-refractivity contribution in [1.29, 1.82) is 0 Å². The Morgan fingerprint density at radius 2 is 1.88 bits per heavy atom. The quantitative estimate of drug-likeness (QED) is 0.332. The number of aromatic amines is 2. The molecule has 130 valence electrons. The van der Waals surface area contributed by atoms with Crippen molar-refractivity contribution in [1.82, 2.24) is 20.3 Å². The van der Waals surface area contributed by atoms with E-state index in [0.717, 1.165) is 5.69 Å². The van der Waals surface area contributed by atoms with Crippen LogP contribution < -0.4 is 16.4 Å². The molecule has 10 heteroatoms. The van der Waals surface area contributed by atoms with Crippen LogP contribution in [0.4, 0.5) is 5.69 Å². The highest BCUT2D eigenvalue weighted by Crippen LogP contribution is 2.21. The molecule has 1 aromatic carbocycles. The highest BCUT2D eigenvalue weighted by Gasteiger charge is 2.13. The summed E-state index contributed by atoms with van der Waals surface area (Å²) in [4.78, 5) is 42.5. The van der Waals surface area contributed by atoms with Crippen LogP contribution in [0, 0.1) is 10.1 Å². The van der Waals surface area contributed by atoms with Crippen LogP contribution >= 0.6 is 17.0 Å². The first-order valence-electron chi connectivity index (χ1n) is 7.09. The number of rotatable bonds is 5. The zero-order chi connectivity index (χ0) is 17.1. The van der Waals surface area contributed by atoms with Crippen LogP contribution in [0.15, 0.2) is 46.1 Å². The lowest BCUT2D eigenvalue weighted by atomic mass is 10.1. The number of H-pyrrole nitrogens is 2. The second kappa shape index (κ2) is 7.81. The van der Waals surface area contributed by atoms with Gasteiger partial charge in [-0.2, -0.15) is 0 Å². The number of nitrogens with zero attached hydrogens (tertiary/aromatic N) is 2. The summed E-state index contributed by atoms with van der Waals surface area (Å²) in [6, 6.07) is 8.09. The summed E-state index contributed by atoms with van der Waals surface area (Å²) in [6.07, 6.45) is 1.67. The maximum absolute atomic E-state index is 11.5. The van der Waals surface area contributed by atoms with E-state index in [1.165, 1.54) is 12.1 Å². The molecule has 0 saturated carbocycles. The Morgan fingerprint density at radius 1 is 1.12 bits per heavy atom. The number of hydrogen-bond donors (Lipinski definition) is 3. The molecule has 0 spiro atoms. The third-order valence-electron chi connectivity index (χ3n) is 3.46. The number of halogens is 1. The Balaban J connectivity index is 0.00000225. The number of nitro benzene ring substituents is 1. The SMILES string of the molecule is Br.O=c1[nH]c2cc([N+](=O)[O-])cc(CNCc3ccccn3)c2[nH]c1=O. The molecule has 25 heavy (non-hydrogen) atoms. The maximum atomic E-state index is 11.5. The molecule has 2 aromatic heterocycles.